The van der Waals surface area contributed by atoms with Gasteiger partial charge < -0.3 is 5.32 Å². The number of non-ortho nitro benzene ring substituents is 1. The summed E-state index contributed by atoms with van der Waals surface area (Å²) in [6.07, 6.45) is 6.02. The largest absolute Gasteiger partial charge is 0.382 e. The average molecular weight is 266 g/mol. The molecule has 0 saturated heterocycles. The molecule has 19 heavy (non-hydrogen) atoms. The number of nitrogens with zero attached hydrogens (tertiary/aromatic N) is 1. The number of hydrogen-bond donors (Lipinski definition) is 1. The summed E-state index contributed by atoms with van der Waals surface area (Å²) < 4.78 is 13.7. The summed E-state index contributed by atoms with van der Waals surface area (Å²) in [5.74, 6) is -0.561. The van der Waals surface area contributed by atoms with Crippen molar-refractivity contribution in [1.82, 2.24) is 0 Å². The molecule has 1 aromatic carbocycles. The van der Waals surface area contributed by atoms with Crippen LogP contribution in [0.4, 0.5) is 15.8 Å². The molecule has 0 aliphatic heterocycles. The zero-order chi connectivity index (χ0) is 13.9. The molecule has 4 nitrogen and oxygen atoms in total. The maximum Gasteiger partial charge on any atom is 0.272 e. The van der Waals surface area contributed by atoms with Gasteiger partial charge in [0, 0.05) is 12.6 Å². The van der Waals surface area contributed by atoms with E-state index in [1.54, 1.807) is 0 Å². The van der Waals surface area contributed by atoms with E-state index in [1.165, 1.54) is 31.4 Å². The number of hydrogen-bond acceptors (Lipinski definition) is 3. The lowest BCUT2D eigenvalue weighted by molar-refractivity contribution is -0.385. The first-order valence-corrected chi connectivity index (χ1v) is 6.68. The first kappa shape index (κ1) is 13.8. The van der Waals surface area contributed by atoms with Gasteiger partial charge in [0.25, 0.3) is 5.69 Å². The van der Waals surface area contributed by atoms with E-state index in [4.69, 9.17) is 0 Å². The lowest BCUT2D eigenvalue weighted by Crippen LogP contribution is -2.29. The second-order valence-electron chi connectivity index (χ2n) is 5.65. The van der Waals surface area contributed by atoms with Gasteiger partial charge >= 0.3 is 0 Å². The van der Waals surface area contributed by atoms with Crippen molar-refractivity contribution < 1.29 is 9.31 Å². The van der Waals surface area contributed by atoms with Crippen LogP contribution in [0.25, 0.3) is 0 Å². The molecular formula is C14H19FN2O2. The van der Waals surface area contributed by atoms with Crippen molar-refractivity contribution in [2.75, 3.05) is 11.9 Å². The Hall–Kier alpha value is -1.65. The summed E-state index contributed by atoms with van der Waals surface area (Å²) in [5.41, 5.74) is 0.330. The summed E-state index contributed by atoms with van der Waals surface area (Å²) in [7, 11) is 0. The molecule has 1 aliphatic rings. The number of benzene rings is 1. The first-order chi connectivity index (χ1) is 9.00. The van der Waals surface area contributed by atoms with Crippen molar-refractivity contribution in [2.24, 2.45) is 5.41 Å². The monoisotopic (exact) mass is 266 g/mol. The zero-order valence-electron chi connectivity index (χ0n) is 11.1. The van der Waals surface area contributed by atoms with Gasteiger partial charge in [-0.15, -0.1) is 0 Å². The van der Waals surface area contributed by atoms with E-state index in [9.17, 15) is 14.5 Å². The van der Waals surface area contributed by atoms with E-state index in [-0.39, 0.29) is 11.1 Å². The Labute approximate surface area is 112 Å². The molecule has 0 unspecified atom stereocenters. The van der Waals surface area contributed by atoms with Crippen molar-refractivity contribution in [2.45, 2.75) is 39.0 Å². The minimum atomic E-state index is -0.588. The maximum atomic E-state index is 13.7. The molecule has 2 rings (SSSR count). The molecule has 0 atom stereocenters. The van der Waals surface area contributed by atoms with Gasteiger partial charge in [0.05, 0.1) is 16.7 Å². The number of nitro groups is 1. The predicted molar refractivity (Wildman–Crippen MR) is 72.7 cm³/mol. The third-order valence-corrected chi connectivity index (χ3v) is 3.93. The molecule has 0 heterocycles. The van der Waals surface area contributed by atoms with Crippen LogP contribution in [0.1, 0.15) is 39.0 Å². The van der Waals surface area contributed by atoms with Gasteiger partial charge in [0.1, 0.15) is 0 Å². The van der Waals surface area contributed by atoms with E-state index in [0.717, 1.165) is 18.9 Å². The van der Waals surface area contributed by atoms with Crippen LogP contribution in [-0.2, 0) is 0 Å². The quantitative estimate of drug-likeness (QED) is 0.659. The number of nitro benzene ring substituents is 1. The molecule has 104 valence electrons. The van der Waals surface area contributed by atoms with Crippen LogP contribution in [0.2, 0.25) is 0 Å². The second-order valence-corrected chi connectivity index (χ2v) is 5.65. The Kier molecular flexibility index (Phi) is 4.02. The van der Waals surface area contributed by atoms with Gasteiger partial charge in [0.2, 0.25) is 0 Å². The van der Waals surface area contributed by atoms with Crippen molar-refractivity contribution in [1.29, 1.82) is 0 Å². The smallest absolute Gasteiger partial charge is 0.272 e. The van der Waals surface area contributed by atoms with Crippen molar-refractivity contribution in [3.8, 4) is 0 Å². The normalized spacial score (nSPS) is 18.0. The van der Waals surface area contributed by atoms with Gasteiger partial charge in [-0.3, -0.25) is 10.1 Å². The fourth-order valence-electron chi connectivity index (χ4n) is 2.65. The maximum absolute atomic E-state index is 13.7. The third-order valence-electron chi connectivity index (χ3n) is 3.93. The van der Waals surface area contributed by atoms with Crippen LogP contribution in [0.5, 0.6) is 0 Å². The number of halogens is 1. The fraction of sp³-hybridized carbons (Fsp3) is 0.571. The fourth-order valence-corrected chi connectivity index (χ4v) is 2.65. The molecule has 1 fully saturated rings. The molecule has 0 bridgehead atoms. The van der Waals surface area contributed by atoms with E-state index in [1.807, 2.05) is 0 Å². The van der Waals surface area contributed by atoms with Crippen LogP contribution in [0.3, 0.4) is 0 Å². The highest BCUT2D eigenvalue weighted by molar-refractivity contribution is 5.50. The molecule has 1 N–H and O–H groups in total. The lowest BCUT2D eigenvalue weighted by atomic mass is 9.76. The van der Waals surface area contributed by atoms with Crippen molar-refractivity contribution in [3.63, 3.8) is 0 Å². The van der Waals surface area contributed by atoms with Crippen LogP contribution < -0.4 is 5.32 Å². The van der Waals surface area contributed by atoms with E-state index < -0.39 is 10.7 Å². The molecular weight excluding hydrogens is 247 g/mol. The Morgan fingerprint density at radius 1 is 1.37 bits per heavy atom. The van der Waals surface area contributed by atoms with E-state index in [2.05, 4.69) is 12.2 Å². The Bertz CT molecular complexity index is 471. The zero-order valence-corrected chi connectivity index (χ0v) is 11.1. The van der Waals surface area contributed by atoms with Crippen molar-refractivity contribution >= 4 is 11.4 Å². The minimum Gasteiger partial charge on any atom is -0.382 e. The molecule has 1 saturated carbocycles. The van der Waals surface area contributed by atoms with Gasteiger partial charge in [-0.2, -0.15) is 0 Å². The Morgan fingerprint density at radius 3 is 2.63 bits per heavy atom. The van der Waals surface area contributed by atoms with Crippen LogP contribution in [-0.4, -0.2) is 11.5 Å². The topological polar surface area (TPSA) is 55.2 Å². The summed E-state index contributed by atoms with van der Waals surface area (Å²) in [4.78, 5) is 9.95. The SMILES string of the molecule is CC1(CNc2ccc([N+](=O)[O-])cc2F)CCCCC1. The van der Waals surface area contributed by atoms with Crippen molar-refractivity contribution in [3.05, 3.63) is 34.1 Å². The summed E-state index contributed by atoms with van der Waals surface area (Å²) in [6, 6.07) is 3.74. The lowest BCUT2D eigenvalue weighted by Gasteiger charge is -2.34. The van der Waals surface area contributed by atoms with Gasteiger partial charge in [-0.1, -0.05) is 26.2 Å². The number of anilines is 1. The molecule has 0 radical (unpaired) electrons. The minimum absolute atomic E-state index is 0.201. The van der Waals surface area contributed by atoms with Crippen LogP contribution >= 0.6 is 0 Å². The number of nitrogens with one attached hydrogen (secondary N) is 1. The van der Waals surface area contributed by atoms with Gasteiger partial charge in [-0.25, -0.2) is 4.39 Å². The standard InChI is InChI=1S/C14H19FN2O2/c1-14(7-3-2-4-8-14)10-16-13-6-5-11(17(18)19)9-12(13)15/h5-6,9,16H,2-4,7-8,10H2,1H3. The van der Waals surface area contributed by atoms with E-state index in [0.29, 0.717) is 12.2 Å². The summed E-state index contributed by atoms with van der Waals surface area (Å²) in [6.45, 7) is 2.92. The first-order valence-electron chi connectivity index (χ1n) is 6.68. The Morgan fingerprint density at radius 2 is 2.05 bits per heavy atom. The highest BCUT2D eigenvalue weighted by Crippen LogP contribution is 2.36. The van der Waals surface area contributed by atoms with Gasteiger partial charge in [-0.05, 0) is 24.3 Å². The number of rotatable bonds is 4. The van der Waals surface area contributed by atoms with Gasteiger partial charge in [0.15, 0.2) is 5.82 Å². The van der Waals surface area contributed by atoms with Crippen LogP contribution in [0.15, 0.2) is 18.2 Å². The molecule has 0 aromatic heterocycles. The highest BCUT2D eigenvalue weighted by Gasteiger charge is 2.26. The molecule has 0 amide bonds. The summed E-state index contributed by atoms with van der Waals surface area (Å²) in [5, 5.41) is 13.6. The van der Waals surface area contributed by atoms with Crippen LogP contribution in [0, 0.1) is 21.3 Å². The molecule has 5 heteroatoms. The second kappa shape index (κ2) is 5.55. The molecule has 1 aromatic rings. The molecule has 0 spiro atoms. The predicted octanol–water partition coefficient (Wildman–Crippen LogP) is 4.12. The summed E-state index contributed by atoms with van der Waals surface area (Å²) >= 11 is 0. The van der Waals surface area contributed by atoms with E-state index >= 15 is 0 Å². The Balaban J connectivity index is 2.01. The average Bonchev–Trinajstić information content (AvgIpc) is 2.38. The highest BCUT2D eigenvalue weighted by atomic mass is 19.1. The molecule has 1 aliphatic carbocycles. The third kappa shape index (κ3) is 3.43.